The lowest BCUT2D eigenvalue weighted by molar-refractivity contribution is -0.123. The number of nitrogens with zero attached hydrogens (tertiary/aromatic N) is 5. The van der Waals surface area contributed by atoms with Crippen LogP contribution < -0.4 is 21.3 Å². The molecule has 1 aliphatic heterocycles. The number of nitrogens with one attached hydrogen (secondary N) is 2. The second kappa shape index (κ2) is 11.6. The standard InChI is InChI=1S/C23H34N8O2.ClH/c1-15(2)20(24)23(32)26-9-5-4-8-25-21-22-29-28-16(3)31(22)19-7-6-17(14-18(19)27-21)30-10-12-33-13-11-30;/h6-7,14-15,20H,4-5,8-13,24H2,1-3H3,(H,25,27)(H,26,32);1H. The summed E-state index contributed by atoms with van der Waals surface area (Å²) in [6.45, 7) is 10.4. The van der Waals surface area contributed by atoms with Crippen LogP contribution in [0.5, 0.6) is 0 Å². The van der Waals surface area contributed by atoms with Crippen molar-refractivity contribution < 1.29 is 9.53 Å². The normalized spacial score (nSPS) is 14.9. The molecule has 3 aromatic rings. The molecule has 10 nitrogen and oxygen atoms in total. The number of ether oxygens (including phenoxy) is 1. The molecule has 2 aromatic heterocycles. The van der Waals surface area contributed by atoms with E-state index in [-0.39, 0.29) is 24.2 Å². The minimum Gasteiger partial charge on any atom is -0.378 e. The van der Waals surface area contributed by atoms with Crippen molar-refractivity contribution in [3.8, 4) is 0 Å². The molecule has 186 valence electrons. The molecule has 4 rings (SSSR count). The van der Waals surface area contributed by atoms with Crippen LogP contribution in [0.4, 0.5) is 11.5 Å². The molecule has 11 heteroatoms. The highest BCUT2D eigenvalue weighted by Crippen LogP contribution is 2.26. The van der Waals surface area contributed by atoms with Gasteiger partial charge in [0.2, 0.25) is 11.6 Å². The Morgan fingerprint density at radius 1 is 1.18 bits per heavy atom. The lowest BCUT2D eigenvalue weighted by Crippen LogP contribution is -2.44. The molecule has 1 saturated heterocycles. The summed E-state index contributed by atoms with van der Waals surface area (Å²) in [5.74, 6) is 1.58. The summed E-state index contributed by atoms with van der Waals surface area (Å²) >= 11 is 0. The van der Waals surface area contributed by atoms with Crippen molar-refractivity contribution in [2.45, 2.75) is 39.7 Å². The fourth-order valence-corrected chi connectivity index (χ4v) is 3.99. The summed E-state index contributed by atoms with van der Waals surface area (Å²) in [4.78, 5) is 19.2. The maximum atomic E-state index is 12.0. The van der Waals surface area contributed by atoms with Gasteiger partial charge in [-0.2, -0.15) is 0 Å². The zero-order valence-corrected chi connectivity index (χ0v) is 20.9. The monoisotopic (exact) mass is 490 g/mol. The van der Waals surface area contributed by atoms with Crippen molar-refractivity contribution in [3.63, 3.8) is 0 Å². The minimum absolute atomic E-state index is 0. The van der Waals surface area contributed by atoms with E-state index < -0.39 is 6.04 Å². The van der Waals surface area contributed by atoms with Gasteiger partial charge in [0.15, 0.2) is 5.82 Å². The van der Waals surface area contributed by atoms with E-state index in [1.165, 1.54) is 0 Å². The van der Waals surface area contributed by atoms with Crippen LogP contribution in [0.15, 0.2) is 18.2 Å². The van der Waals surface area contributed by atoms with Crippen LogP contribution in [0.3, 0.4) is 0 Å². The first-order chi connectivity index (χ1) is 16.0. The molecule has 0 radical (unpaired) electrons. The molecule has 1 aromatic carbocycles. The molecular weight excluding hydrogens is 456 g/mol. The third-order valence-corrected chi connectivity index (χ3v) is 6.06. The maximum absolute atomic E-state index is 12.0. The lowest BCUT2D eigenvalue weighted by atomic mass is 10.1. The van der Waals surface area contributed by atoms with Crippen molar-refractivity contribution in [1.82, 2.24) is 24.9 Å². The van der Waals surface area contributed by atoms with E-state index in [0.29, 0.717) is 12.4 Å². The molecule has 1 unspecified atom stereocenters. The first-order valence-corrected chi connectivity index (χ1v) is 11.7. The van der Waals surface area contributed by atoms with Crippen LogP contribution in [0, 0.1) is 12.8 Å². The van der Waals surface area contributed by atoms with E-state index in [2.05, 4.69) is 43.9 Å². The zero-order valence-electron chi connectivity index (χ0n) is 20.1. The summed E-state index contributed by atoms with van der Waals surface area (Å²) < 4.78 is 7.52. The van der Waals surface area contributed by atoms with Crippen LogP contribution in [0.1, 0.15) is 32.5 Å². The number of amides is 1. The number of carbonyl (C=O) groups is 1. The van der Waals surface area contributed by atoms with Crippen molar-refractivity contribution in [1.29, 1.82) is 0 Å². The molecule has 3 heterocycles. The van der Waals surface area contributed by atoms with E-state index in [0.717, 1.165) is 73.9 Å². The van der Waals surface area contributed by atoms with Gasteiger partial charge in [0.1, 0.15) is 5.82 Å². The molecule has 0 aliphatic carbocycles. The summed E-state index contributed by atoms with van der Waals surface area (Å²) in [5, 5.41) is 14.9. The summed E-state index contributed by atoms with van der Waals surface area (Å²) in [6, 6.07) is 5.88. The van der Waals surface area contributed by atoms with Crippen molar-refractivity contribution in [2.75, 3.05) is 49.6 Å². The number of unbranched alkanes of at least 4 members (excludes halogenated alkanes) is 1. The molecule has 0 saturated carbocycles. The van der Waals surface area contributed by atoms with Gasteiger partial charge >= 0.3 is 0 Å². The number of aryl methyl sites for hydroxylation is 1. The topological polar surface area (TPSA) is 123 Å². The van der Waals surface area contributed by atoms with Gasteiger partial charge in [-0.1, -0.05) is 13.8 Å². The summed E-state index contributed by atoms with van der Waals surface area (Å²) in [7, 11) is 0. The fraction of sp³-hybridized carbons (Fsp3) is 0.565. The quantitative estimate of drug-likeness (QED) is 0.390. The molecular formula is C23H35ClN8O2. The number of aromatic nitrogens is 4. The number of halogens is 1. The largest absolute Gasteiger partial charge is 0.378 e. The Morgan fingerprint density at radius 3 is 2.65 bits per heavy atom. The summed E-state index contributed by atoms with van der Waals surface area (Å²) in [5.41, 5.74) is 9.62. The van der Waals surface area contributed by atoms with E-state index in [1.54, 1.807) is 0 Å². The molecule has 1 fully saturated rings. The van der Waals surface area contributed by atoms with Crippen LogP contribution in [0.25, 0.3) is 16.7 Å². The first-order valence-electron chi connectivity index (χ1n) is 11.7. The van der Waals surface area contributed by atoms with Crippen LogP contribution in [-0.2, 0) is 9.53 Å². The number of nitrogens with two attached hydrogens (primary N) is 1. The third-order valence-electron chi connectivity index (χ3n) is 6.06. The highest BCUT2D eigenvalue weighted by atomic mass is 35.5. The van der Waals surface area contributed by atoms with E-state index in [9.17, 15) is 4.79 Å². The van der Waals surface area contributed by atoms with E-state index in [1.807, 2.05) is 25.2 Å². The van der Waals surface area contributed by atoms with E-state index in [4.69, 9.17) is 15.5 Å². The average Bonchev–Trinajstić information content (AvgIpc) is 3.22. The Bertz CT molecular complexity index is 1110. The molecule has 1 amide bonds. The van der Waals surface area contributed by atoms with Crippen molar-refractivity contribution in [2.24, 2.45) is 11.7 Å². The van der Waals surface area contributed by atoms with Gasteiger partial charge in [-0.3, -0.25) is 9.20 Å². The molecule has 0 spiro atoms. The second-order valence-corrected chi connectivity index (χ2v) is 8.83. The number of benzene rings is 1. The van der Waals surface area contributed by atoms with Gasteiger partial charge in [-0.05, 0) is 43.9 Å². The molecule has 1 aliphatic rings. The highest BCUT2D eigenvalue weighted by molar-refractivity contribution is 5.86. The van der Waals surface area contributed by atoms with Gasteiger partial charge in [-0.25, -0.2) is 4.98 Å². The molecule has 34 heavy (non-hydrogen) atoms. The Balaban J connectivity index is 0.00000324. The Labute approximate surface area is 206 Å². The van der Waals surface area contributed by atoms with Gasteiger partial charge < -0.3 is 26.0 Å². The van der Waals surface area contributed by atoms with Crippen LogP contribution in [-0.4, -0.2) is 70.9 Å². The van der Waals surface area contributed by atoms with Crippen LogP contribution in [0.2, 0.25) is 0 Å². The lowest BCUT2D eigenvalue weighted by Gasteiger charge is -2.29. The molecule has 4 N–H and O–H groups in total. The van der Waals surface area contributed by atoms with Gasteiger partial charge in [0, 0.05) is 31.9 Å². The SMILES string of the molecule is Cc1nnc2c(NCCCCNC(=O)C(N)C(C)C)nc3cc(N4CCOCC4)ccc3n12.Cl. The fourth-order valence-electron chi connectivity index (χ4n) is 3.99. The van der Waals surface area contributed by atoms with E-state index >= 15 is 0 Å². The predicted octanol–water partition coefficient (Wildman–Crippen LogP) is 2.14. The van der Waals surface area contributed by atoms with Crippen molar-refractivity contribution >= 4 is 46.5 Å². The summed E-state index contributed by atoms with van der Waals surface area (Å²) in [6.07, 6.45) is 1.73. The number of anilines is 2. The number of fused-ring (bicyclic) bond motifs is 3. The Hall–Kier alpha value is -2.69. The van der Waals surface area contributed by atoms with Gasteiger partial charge in [-0.15, -0.1) is 22.6 Å². The number of rotatable bonds is 9. The maximum Gasteiger partial charge on any atom is 0.237 e. The smallest absolute Gasteiger partial charge is 0.237 e. The minimum atomic E-state index is -0.461. The second-order valence-electron chi connectivity index (χ2n) is 8.83. The van der Waals surface area contributed by atoms with Crippen molar-refractivity contribution in [3.05, 3.63) is 24.0 Å². The Kier molecular flexibility index (Phi) is 8.87. The highest BCUT2D eigenvalue weighted by Gasteiger charge is 2.17. The van der Waals surface area contributed by atoms with Crippen LogP contribution >= 0.6 is 12.4 Å². The zero-order chi connectivity index (χ0) is 23.4. The van der Waals surface area contributed by atoms with Gasteiger partial charge in [0.05, 0.1) is 30.3 Å². The average molecular weight is 491 g/mol. The number of hydrogen-bond acceptors (Lipinski definition) is 8. The molecule has 1 atom stereocenters. The first kappa shape index (κ1) is 25.9. The number of carbonyl (C=O) groups excluding carboxylic acids is 1. The number of hydrogen-bond donors (Lipinski definition) is 3. The number of morpholine rings is 1. The molecule has 0 bridgehead atoms. The van der Waals surface area contributed by atoms with Gasteiger partial charge in [0.25, 0.3) is 0 Å². The Morgan fingerprint density at radius 2 is 1.91 bits per heavy atom. The predicted molar refractivity (Wildman–Crippen MR) is 137 cm³/mol. The third kappa shape index (κ3) is 5.68.